The van der Waals surface area contributed by atoms with Crippen LogP contribution in [0.2, 0.25) is 0 Å². The average molecular weight is 293 g/mol. The van der Waals surface area contributed by atoms with Crippen molar-refractivity contribution in [2.24, 2.45) is 16.8 Å². The molecule has 4 N–H and O–H groups in total. The summed E-state index contributed by atoms with van der Waals surface area (Å²) in [6.07, 6.45) is 0.786. The van der Waals surface area contributed by atoms with E-state index >= 15 is 0 Å². The highest BCUT2D eigenvalue weighted by atomic mass is 16.5. The molecule has 2 atom stereocenters. The average Bonchev–Trinajstić information content (AvgIpc) is 2.51. The van der Waals surface area contributed by atoms with Crippen LogP contribution in [-0.4, -0.2) is 53.4 Å². The van der Waals surface area contributed by atoms with Crippen molar-refractivity contribution in [1.82, 2.24) is 4.90 Å². The van der Waals surface area contributed by atoms with Gasteiger partial charge in [-0.2, -0.15) is 0 Å². The number of nitrogens with zero attached hydrogens (tertiary/aromatic N) is 2. The Hall–Kier alpha value is -1.79. The van der Waals surface area contributed by atoms with Crippen molar-refractivity contribution in [3.63, 3.8) is 0 Å². The molecule has 1 aliphatic rings. The van der Waals surface area contributed by atoms with Crippen molar-refractivity contribution >= 4 is 5.84 Å². The minimum atomic E-state index is -0.237. The molecule has 0 bridgehead atoms. The van der Waals surface area contributed by atoms with Crippen molar-refractivity contribution in [2.45, 2.75) is 19.4 Å². The van der Waals surface area contributed by atoms with E-state index in [9.17, 15) is 5.11 Å². The molecule has 0 aliphatic carbocycles. The van der Waals surface area contributed by atoms with Gasteiger partial charge in [0.25, 0.3) is 0 Å². The zero-order valence-electron chi connectivity index (χ0n) is 12.3. The third kappa shape index (κ3) is 4.34. The minimum absolute atomic E-state index is 0.0815. The Morgan fingerprint density at radius 3 is 2.76 bits per heavy atom. The molecule has 1 aromatic carbocycles. The Balaban J connectivity index is 1.76. The first-order valence-electron chi connectivity index (χ1n) is 7.21. The molecule has 2 rings (SSSR count). The number of piperidine rings is 1. The number of benzene rings is 1. The Morgan fingerprint density at radius 1 is 1.43 bits per heavy atom. The summed E-state index contributed by atoms with van der Waals surface area (Å²) in [6.45, 7) is 5.17. The fourth-order valence-electron chi connectivity index (χ4n) is 2.39. The van der Waals surface area contributed by atoms with E-state index in [0.717, 1.165) is 25.3 Å². The van der Waals surface area contributed by atoms with E-state index in [1.807, 2.05) is 0 Å². The van der Waals surface area contributed by atoms with E-state index in [2.05, 4.69) is 17.0 Å². The zero-order valence-corrected chi connectivity index (χ0v) is 12.3. The smallest absolute Gasteiger partial charge is 0.170 e. The molecule has 6 heteroatoms. The van der Waals surface area contributed by atoms with Gasteiger partial charge in [-0.15, -0.1) is 0 Å². The Bertz CT molecular complexity index is 476. The van der Waals surface area contributed by atoms with Crippen LogP contribution >= 0.6 is 0 Å². The van der Waals surface area contributed by atoms with Gasteiger partial charge in [-0.25, -0.2) is 0 Å². The summed E-state index contributed by atoms with van der Waals surface area (Å²) < 4.78 is 5.67. The molecule has 0 radical (unpaired) electrons. The summed E-state index contributed by atoms with van der Waals surface area (Å²) >= 11 is 0. The fraction of sp³-hybridized carbons (Fsp3) is 0.533. The van der Waals surface area contributed by atoms with Gasteiger partial charge in [-0.1, -0.05) is 12.1 Å². The van der Waals surface area contributed by atoms with Gasteiger partial charge in [0.15, 0.2) is 5.84 Å². The molecule has 1 aliphatic heterocycles. The van der Waals surface area contributed by atoms with E-state index < -0.39 is 0 Å². The highest BCUT2D eigenvalue weighted by Crippen LogP contribution is 2.17. The minimum Gasteiger partial charge on any atom is -0.492 e. The molecular formula is C15H23N3O3. The quantitative estimate of drug-likeness (QED) is 0.324. The number of β-amino-alcohol motifs (C(OH)–C–C–N with tert-alkyl or cyclic N) is 1. The normalized spacial score (nSPS) is 24.0. The number of ether oxygens (including phenoxy) is 1. The third-order valence-corrected chi connectivity index (χ3v) is 3.94. The molecule has 0 aromatic heterocycles. The molecule has 1 aromatic rings. The molecule has 0 amide bonds. The predicted octanol–water partition coefficient (Wildman–Crippen LogP) is 0.863. The monoisotopic (exact) mass is 293 g/mol. The molecule has 6 nitrogen and oxygen atoms in total. The number of aliphatic hydroxyl groups excluding tert-OH is 1. The van der Waals surface area contributed by atoms with E-state index in [1.165, 1.54) is 0 Å². The second-order valence-electron chi connectivity index (χ2n) is 5.49. The van der Waals surface area contributed by atoms with Gasteiger partial charge in [0.05, 0.1) is 6.10 Å². The molecule has 2 unspecified atom stereocenters. The summed E-state index contributed by atoms with van der Waals surface area (Å²) in [4.78, 5) is 2.22. The van der Waals surface area contributed by atoms with Gasteiger partial charge < -0.3 is 20.8 Å². The number of nitrogens with two attached hydrogens (primary N) is 1. The third-order valence-electron chi connectivity index (χ3n) is 3.94. The van der Waals surface area contributed by atoms with Crippen LogP contribution in [-0.2, 0) is 0 Å². The summed E-state index contributed by atoms with van der Waals surface area (Å²) in [5, 5.41) is 21.4. The first-order valence-corrected chi connectivity index (χ1v) is 7.21. The van der Waals surface area contributed by atoms with Gasteiger partial charge in [0.2, 0.25) is 0 Å². The molecule has 0 saturated carbocycles. The predicted molar refractivity (Wildman–Crippen MR) is 80.7 cm³/mol. The van der Waals surface area contributed by atoms with E-state index in [-0.39, 0.29) is 11.9 Å². The van der Waals surface area contributed by atoms with E-state index in [1.54, 1.807) is 24.3 Å². The standard InChI is InChI=1S/C15H23N3O3/c1-11-6-7-18(10-14(11)19)8-9-21-13-4-2-12(3-5-13)15(16)17-20/h2-5,11,14,19-20H,6-10H2,1H3,(H2,16,17). The van der Waals surface area contributed by atoms with Gasteiger partial charge >= 0.3 is 0 Å². The lowest BCUT2D eigenvalue weighted by Gasteiger charge is -2.34. The van der Waals surface area contributed by atoms with Crippen molar-refractivity contribution < 1.29 is 15.1 Å². The van der Waals surface area contributed by atoms with Crippen LogP contribution in [0.1, 0.15) is 18.9 Å². The lowest BCUT2D eigenvalue weighted by molar-refractivity contribution is 0.0244. The maximum atomic E-state index is 9.84. The number of aliphatic hydroxyl groups is 1. The number of oxime groups is 1. The zero-order chi connectivity index (χ0) is 15.2. The number of rotatable bonds is 5. The second-order valence-corrected chi connectivity index (χ2v) is 5.49. The van der Waals surface area contributed by atoms with Gasteiger partial charge in [-0.3, -0.25) is 4.90 Å². The molecule has 1 fully saturated rings. The second kappa shape index (κ2) is 7.28. The molecule has 21 heavy (non-hydrogen) atoms. The summed E-state index contributed by atoms with van der Waals surface area (Å²) in [5.41, 5.74) is 6.15. The molecule has 1 saturated heterocycles. The fourth-order valence-corrected chi connectivity index (χ4v) is 2.39. The van der Waals surface area contributed by atoms with Crippen molar-refractivity contribution in [3.8, 4) is 5.75 Å². The summed E-state index contributed by atoms with van der Waals surface area (Å²) in [6, 6.07) is 7.08. The van der Waals surface area contributed by atoms with Gasteiger partial charge in [0, 0.05) is 18.7 Å². The Morgan fingerprint density at radius 2 is 2.14 bits per heavy atom. The van der Waals surface area contributed by atoms with Crippen molar-refractivity contribution in [1.29, 1.82) is 0 Å². The van der Waals surface area contributed by atoms with Crippen LogP contribution < -0.4 is 10.5 Å². The first-order chi connectivity index (χ1) is 10.1. The SMILES string of the molecule is CC1CCN(CCOc2ccc(/C(N)=N/O)cc2)CC1O. The Labute approximate surface area is 124 Å². The maximum absolute atomic E-state index is 9.84. The van der Waals surface area contributed by atoms with Crippen LogP contribution in [0, 0.1) is 5.92 Å². The van der Waals surface area contributed by atoms with Crippen LogP contribution in [0.3, 0.4) is 0 Å². The van der Waals surface area contributed by atoms with Crippen LogP contribution in [0.15, 0.2) is 29.4 Å². The highest BCUT2D eigenvalue weighted by Gasteiger charge is 2.23. The maximum Gasteiger partial charge on any atom is 0.170 e. The number of likely N-dealkylation sites (tertiary alicyclic amines) is 1. The number of hydrogen-bond acceptors (Lipinski definition) is 5. The van der Waals surface area contributed by atoms with Crippen LogP contribution in [0.5, 0.6) is 5.75 Å². The van der Waals surface area contributed by atoms with Crippen LogP contribution in [0.25, 0.3) is 0 Å². The summed E-state index contributed by atoms with van der Waals surface area (Å²) in [7, 11) is 0. The molecule has 1 heterocycles. The highest BCUT2D eigenvalue weighted by molar-refractivity contribution is 5.97. The topological polar surface area (TPSA) is 91.3 Å². The van der Waals surface area contributed by atoms with Gasteiger partial charge in [0.1, 0.15) is 12.4 Å². The molecule has 116 valence electrons. The lowest BCUT2D eigenvalue weighted by atomic mass is 9.96. The van der Waals surface area contributed by atoms with Gasteiger partial charge in [-0.05, 0) is 43.1 Å². The number of hydrogen-bond donors (Lipinski definition) is 3. The first kappa shape index (κ1) is 15.6. The largest absolute Gasteiger partial charge is 0.492 e. The van der Waals surface area contributed by atoms with Crippen molar-refractivity contribution in [2.75, 3.05) is 26.2 Å². The van der Waals surface area contributed by atoms with E-state index in [0.29, 0.717) is 24.6 Å². The van der Waals surface area contributed by atoms with Crippen molar-refractivity contribution in [3.05, 3.63) is 29.8 Å². The number of amidine groups is 1. The molecule has 0 spiro atoms. The van der Waals surface area contributed by atoms with Crippen LogP contribution in [0.4, 0.5) is 0 Å². The Kier molecular flexibility index (Phi) is 5.41. The lowest BCUT2D eigenvalue weighted by Crippen LogP contribution is -2.44. The molecular weight excluding hydrogens is 270 g/mol. The summed E-state index contributed by atoms with van der Waals surface area (Å²) in [5.74, 6) is 1.21. The van der Waals surface area contributed by atoms with E-state index in [4.69, 9.17) is 15.7 Å².